The fourth-order valence-corrected chi connectivity index (χ4v) is 3.95. The predicted molar refractivity (Wildman–Crippen MR) is 82.3 cm³/mol. The van der Waals surface area contributed by atoms with Gasteiger partial charge in [-0.05, 0) is 18.8 Å². The Kier molecular flexibility index (Phi) is 4.41. The molecule has 124 valence electrons. The Morgan fingerprint density at radius 3 is 2.45 bits per heavy atom. The Labute approximate surface area is 132 Å². The lowest BCUT2D eigenvalue weighted by atomic mass is 9.99. The molecule has 0 aromatic heterocycles. The van der Waals surface area contributed by atoms with Crippen LogP contribution in [0.25, 0.3) is 0 Å². The Balaban J connectivity index is 1.68. The highest BCUT2D eigenvalue weighted by atomic mass is 16.5. The van der Waals surface area contributed by atoms with Crippen molar-refractivity contribution in [3.63, 3.8) is 0 Å². The topological polar surface area (TPSA) is 61.9 Å². The van der Waals surface area contributed by atoms with Crippen LogP contribution in [0.15, 0.2) is 0 Å². The Hall–Kier alpha value is -1.14. The van der Waals surface area contributed by atoms with Gasteiger partial charge in [-0.3, -0.25) is 14.5 Å². The molecule has 2 heterocycles. The Bertz CT molecular complexity index is 444. The van der Waals surface area contributed by atoms with Gasteiger partial charge in [0.15, 0.2) is 0 Å². The predicted octanol–water partition coefficient (Wildman–Crippen LogP) is 0.0818. The monoisotopic (exact) mass is 309 g/mol. The molecule has 2 amide bonds. The van der Waals surface area contributed by atoms with Gasteiger partial charge in [-0.1, -0.05) is 13.3 Å². The summed E-state index contributed by atoms with van der Waals surface area (Å²) in [6, 6.07) is 0.415. The van der Waals surface area contributed by atoms with E-state index in [1.54, 1.807) is 7.05 Å². The number of likely N-dealkylation sites (tertiary alicyclic amines) is 1. The minimum absolute atomic E-state index is 0.0426. The first-order chi connectivity index (χ1) is 10.6. The number of carbonyl (C=O) groups excluding carboxylic acids is 2. The Morgan fingerprint density at radius 2 is 1.91 bits per heavy atom. The lowest BCUT2D eigenvalue weighted by Crippen LogP contribution is -2.48. The molecular formula is C16H27N3O3. The van der Waals surface area contributed by atoms with Crippen LogP contribution in [0.5, 0.6) is 0 Å². The van der Waals surface area contributed by atoms with Gasteiger partial charge in [-0.15, -0.1) is 0 Å². The van der Waals surface area contributed by atoms with E-state index in [1.807, 2.05) is 4.90 Å². The van der Waals surface area contributed by atoms with E-state index in [4.69, 9.17) is 4.74 Å². The van der Waals surface area contributed by atoms with Gasteiger partial charge in [0.05, 0.1) is 13.2 Å². The number of carbonyl (C=O) groups is 2. The Morgan fingerprint density at radius 1 is 1.23 bits per heavy atom. The van der Waals surface area contributed by atoms with Crippen molar-refractivity contribution >= 4 is 11.8 Å². The molecule has 2 aliphatic heterocycles. The van der Waals surface area contributed by atoms with E-state index in [1.165, 1.54) is 0 Å². The second-order valence-electron chi connectivity index (χ2n) is 6.76. The summed E-state index contributed by atoms with van der Waals surface area (Å²) in [4.78, 5) is 29.3. The number of nitrogens with zero attached hydrogens (tertiary/aromatic N) is 2. The number of nitrogens with one attached hydrogen (secondary N) is 1. The highest BCUT2D eigenvalue weighted by Gasteiger charge is 2.58. The van der Waals surface area contributed by atoms with Crippen LogP contribution < -0.4 is 5.32 Å². The quantitative estimate of drug-likeness (QED) is 0.747. The molecule has 2 saturated heterocycles. The summed E-state index contributed by atoms with van der Waals surface area (Å²) < 4.78 is 5.44. The molecule has 0 aromatic rings. The van der Waals surface area contributed by atoms with Crippen molar-refractivity contribution < 1.29 is 14.3 Å². The summed E-state index contributed by atoms with van der Waals surface area (Å²) in [5.74, 6) is 0.434. The molecule has 0 bridgehead atoms. The average Bonchev–Trinajstić information content (AvgIpc) is 3.27. The third-order valence-corrected chi connectivity index (χ3v) is 5.55. The van der Waals surface area contributed by atoms with Crippen LogP contribution in [-0.2, 0) is 14.3 Å². The maximum atomic E-state index is 12.8. The van der Waals surface area contributed by atoms with Crippen molar-refractivity contribution in [2.75, 3.05) is 46.4 Å². The smallest absolute Gasteiger partial charge is 0.238 e. The number of hydrogen-bond acceptors (Lipinski definition) is 4. The number of hydrogen-bond donors (Lipinski definition) is 1. The lowest BCUT2D eigenvalue weighted by Gasteiger charge is -2.34. The van der Waals surface area contributed by atoms with Gasteiger partial charge in [-0.25, -0.2) is 0 Å². The zero-order chi connectivity index (χ0) is 15.7. The van der Waals surface area contributed by atoms with E-state index in [2.05, 4.69) is 17.1 Å². The second kappa shape index (κ2) is 6.16. The van der Waals surface area contributed by atoms with Crippen molar-refractivity contribution in [2.24, 2.45) is 11.3 Å². The first kappa shape index (κ1) is 15.7. The van der Waals surface area contributed by atoms with E-state index < -0.39 is 5.41 Å². The van der Waals surface area contributed by atoms with Crippen molar-refractivity contribution in [2.45, 2.75) is 32.2 Å². The van der Waals surface area contributed by atoms with Crippen molar-refractivity contribution in [1.29, 1.82) is 0 Å². The summed E-state index contributed by atoms with van der Waals surface area (Å²) in [5, 5.41) is 2.66. The maximum absolute atomic E-state index is 12.8. The molecule has 1 saturated carbocycles. The summed E-state index contributed by atoms with van der Waals surface area (Å²) >= 11 is 0. The van der Waals surface area contributed by atoms with Crippen molar-refractivity contribution in [3.8, 4) is 0 Å². The van der Waals surface area contributed by atoms with Gasteiger partial charge in [0.25, 0.3) is 0 Å². The highest BCUT2D eigenvalue weighted by Crippen LogP contribution is 2.48. The number of amides is 2. The van der Waals surface area contributed by atoms with Crippen LogP contribution in [0.3, 0.4) is 0 Å². The molecule has 3 aliphatic rings. The average molecular weight is 309 g/mol. The third kappa shape index (κ3) is 2.63. The third-order valence-electron chi connectivity index (χ3n) is 5.55. The van der Waals surface area contributed by atoms with Gasteiger partial charge in [-0.2, -0.15) is 0 Å². The van der Waals surface area contributed by atoms with E-state index in [0.29, 0.717) is 24.8 Å². The molecule has 1 N–H and O–H groups in total. The molecule has 22 heavy (non-hydrogen) atoms. The molecule has 1 aliphatic carbocycles. The molecule has 0 radical (unpaired) electrons. The summed E-state index contributed by atoms with van der Waals surface area (Å²) in [6.45, 7) is 7.20. The minimum atomic E-state index is -0.757. The molecule has 6 heteroatoms. The van der Waals surface area contributed by atoms with Gasteiger partial charge >= 0.3 is 0 Å². The maximum Gasteiger partial charge on any atom is 0.238 e. The lowest BCUT2D eigenvalue weighted by molar-refractivity contribution is -0.143. The molecule has 2 atom stereocenters. The van der Waals surface area contributed by atoms with Crippen molar-refractivity contribution in [1.82, 2.24) is 15.1 Å². The molecule has 0 aromatic carbocycles. The van der Waals surface area contributed by atoms with Gasteiger partial charge in [0.1, 0.15) is 5.41 Å². The van der Waals surface area contributed by atoms with Gasteiger partial charge in [0.2, 0.25) is 11.8 Å². The fourth-order valence-electron chi connectivity index (χ4n) is 3.95. The first-order valence-corrected chi connectivity index (χ1v) is 8.45. The van der Waals surface area contributed by atoms with Crippen LogP contribution in [-0.4, -0.2) is 74.1 Å². The second-order valence-corrected chi connectivity index (χ2v) is 6.76. The highest BCUT2D eigenvalue weighted by molar-refractivity contribution is 6.07. The molecule has 0 spiro atoms. The molecule has 3 fully saturated rings. The molecule has 3 rings (SSSR count). The summed E-state index contributed by atoms with van der Waals surface area (Å²) in [5.41, 5.74) is -0.757. The van der Waals surface area contributed by atoms with E-state index in [-0.39, 0.29) is 11.8 Å². The number of morpholine rings is 1. The SMILES string of the molecule is CC[C@H]1CN(C(=O)C2(C(=O)NC)CC2)C[C@H]1N1CCOCC1. The first-order valence-electron chi connectivity index (χ1n) is 8.45. The number of ether oxygens (including phenoxy) is 1. The fraction of sp³-hybridized carbons (Fsp3) is 0.875. The van der Waals surface area contributed by atoms with Crippen LogP contribution in [0.1, 0.15) is 26.2 Å². The summed E-state index contributed by atoms with van der Waals surface area (Å²) in [7, 11) is 1.62. The molecule has 6 nitrogen and oxygen atoms in total. The molecule has 0 unspecified atom stereocenters. The van der Waals surface area contributed by atoms with Crippen molar-refractivity contribution in [3.05, 3.63) is 0 Å². The number of rotatable bonds is 4. The van der Waals surface area contributed by atoms with E-state index >= 15 is 0 Å². The summed E-state index contributed by atoms with van der Waals surface area (Å²) in [6.07, 6.45) is 2.46. The van der Waals surface area contributed by atoms with Crippen LogP contribution in [0, 0.1) is 11.3 Å². The van der Waals surface area contributed by atoms with Crippen LogP contribution in [0.2, 0.25) is 0 Å². The normalized spacial score (nSPS) is 31.1. The van der Waals surface area contributed by atoms with Crippen LogP contribution in [0.4, 0.5) is 0 Å². The zero-order valence-corrected chi connectivity index (χ0v) is 13.6. The zero-order valence-electron chi connectivity index (χ0n) is 13.6. The largest absolute Gasteiger partial charge is 0.379 e. The molecular weight excluding hydrogens is 282 g/mol. The van der Waals surface area contributed by atoms with Crippen LogP contribution >= 0.6 is 0 Å². The standard InChI is InChI=1S/C16H27N3O3/c1-3-12-10-19(11-13(12)18-6-8-22-9-7-18)15(21)16(4-5-16)14(20)17-2/h12-13H,3-11H2,1-2H3,(H,17,20)/t12-,13+/m0/s1. The van der Waals surface area contributed by atoms with Gasteiger partial charge < -0.3 is 15.0 Å². The minimum Gasteiger partial charge on any atom is -0.379 e. The van der Waals surface area contributed by atoms with E-state index in [9.17, 15) is 9.59 Å². The van der Waals surface area contributed by atoms with Gasteiger partial charge in [0, 0.05) is 39.3 Å². The van der Waals surface area contributed by atoms with E-state index in [0.717, 1.165) is 45.8 Å².